The lowest BCUT2D eigenvalue weighted by Gasteiger charge is -2.36. The number of carbonyl (C=O) groups is 2. The topological polar surface area (TPSA) is 70.1 Å². The molecule has 1 heterocycles. The first-order chi connectivity index (χ1) is 8.47. The van der Waals surface area contributed by atoms with E-state index in [0.29, 0.717) is 25.6 Å². The zero-order chi connectivity index (χ0) is 13.7. The largest absolute Gasteiger partial charge is 0.480 e. The van der Waals surface area contributed by atoms with Gasteiger partial charge in [0.05, 0.1) is 13.2 Å². The molecular weight excluding hydrogens is 236 g/mol. The Balaban J connectivity index is 2.65. The van der Waals surface area contributed by atoms with E-state index >= 15 is 0 Å². The van der Waals surface area contributed by atoms with Crippen molar-refractivity contribution < 1.29 is 19.4 Å². The molecule has 0 radical (unpaired) electrons. The number of amides is 2. The number of carboxylic acid groups (broad SMARTS) is 1. The summed E-state index contributed by atoms with van der Waals surface area (Å²) in [5.41, 5.74) is 0. The standard InChI is InChI=1S/C12H22N2O4/c1-4-9(2)7-13(3)12(17)14-5-6-18-8-10(14)11(15)16/h9-10H,4-8H2,1-3H3,(H,15,16). The number of carboxylic acids is 1. The van der Waals surface area contributed by atoms with Gasteiger partial charge in [-0.1, -0.05) is 20.3 Å². The molecular formula is C12H22N2O4. The maximum absolute atomic E-state index is 12.2. The lowest BCUT2D eigenvalue weighted by molar-refractivity contribution is -0.147. The molecule has 18 heavy (non-hydrogen) atoms. The summed E-state index contributed by atoms with van der Waals surface area (Å²) in [5, 5.41) is 9.07. The minimum Gasteiger partial charge on any atom is -0.480 e. The molecule has 0 aromatic carbocycles. The smallest absolute Gasteiger partial charge is 0.328 e. The van der Waals surface area contributed by atoms with Gasteiger partial charge in [0.2, 0.25) is 0 Å². The SMILES string of the molecule is CCC(C)CN(C)C(=O)N1CCOCC1C(=O)O. The van der Waals surface area contributed by atoms with Crippen molar-refractivity contribution in [2.24, 2.45) is 5.92 Å². The van der Waals surface area contributed by atoms with Crippen molar-refractivity contribution in [3.8, 4) is 0 Å². The first-order valence-electron chi connectivity index (χ1n) is 6.29. The van der Waals surface area contributed by atoms with E-state index in [1.807, 2.05) is 0 Å². The van der Waals surface area contributed by atoms with E-state index < -0.39 is 12.0 Å². The van der Waals surface area contributed by atoms with Crippen molar-refractivity contribution in [2.75, 3.05) is 33.4 Å². The quantitative estimate of drug-likeness (QED) is 0.812. The molecule has 2 unspecified atom stereocenters. The second-order valence-corrected chi connectivity index (χ2v) is 4.80. The predicted molar refractivity (Wildman–Crippen MR) is 66.4 cm³/mol. The minimum absolute atomic E-state index is 0.0677. The van der Waals surface area contributed by atoms with Gasteiger partial charge >= 0.3 is 12.0 Å². The number of morpholine rings is 1. The number of carbonyl (C=O) groups excluding carboxylic acids is 1. The van der Waals surface area contributed by atoms with E-state index in [1.165, 1.54) is 4.90 Å². The summed E-state index contributed by atoms with van der Waals surface area (Å²) in [7, 11) is 1.71. The summed E-state index contributed by atoms with van der Waals surface area (Å²) in [6.45, 7) is 5.57. The van der Waals surface area contributed by atoms with Crippen LogP contribution in [0.2, 0.25) is 0 Å². The first-order valence-corrected chi connectivity index (χ1v) is 6.29. The van der Waals surface area contributed by atoms with Gasteiger partial charge in [-0.3, -0.25) is 0 Å². The molecule has 1 N–H and O–H groups in total. The Kier molecular flexibility index (Phi) is 5.40. The van der Waals surface area contributed by atoms with Crippen LogP contribution >= 0.6 is 0 Å². The van der Waals surface area contributed by atoms with Crippen LogP contribution in [0.25, 0.3) is 0 Å². The molecule has 0 saturated carbocycles. The summed E-state index contributed by atoms with van der Waals surface area (Å²) in [4.78, 5) is 26.3. The molecule has 104 valence electrons. The maximum atomic E-state index is 12.2. The third kappa shape index (κ3) is 3.60. The third-order valence-electron chi connectivity index (χ3n) is 3.27. The molecule has 1 fully saturated rings. The minimum atomic E-state index is -1.01. The second-order valence-electron chi connectivity index (χ2n) is 4.80. The molecule has 2 amide bonds. The summed E-state index contributed by atoms with van der Waals surface area (Å²) >= 11 is 0. The van der Waals surface area contributed by atoms with Gasteiger partial charge in [0.15, 0.2) is 6.04 Å². The second kappa shape index (κ2) is 6.58. The highest BCUT2D eigenvalue weighted by Gasteiger charge is 2.34. The molecule has 1 rings (SSSR count). The molecule has 2 atom stereocenters. The normalized spacial score (nSPS) is 21.5. The van der Waals surface area contributed by atoms with Crippen LogP contribution in [-0.4, -0.2) is 66.3 Å². The average molecular weight is 258 g/mol. The van der Waals surface area contributed by atoms with Crippen LogP contribution in [0.15, 0.2) is 0 Å². The number of aliphatic carboxylic acids is 1. The van der Waals surface area contributed by atoms with E-state index in [-0.39, 0.29) is 12.6 Å². The third-order valence-corrected chi connectivity index (χ3v) is 3.27. The van der Waals surface area contributed by atoms with Gasteiger partial charge in [-0.15, -0.1) is 0 Å². The fourth-order valence-electron chi connectivity index (χ4n) is 1.93. The van der Waals surface area contributed by atoms with Crippen molar-refractivity contribution in [2.45, 2.75) is 26.3 Å². The van der Waals surface area contributed by atoms with Gasteiger partial charge in [-0.2, -0.15) is 0 Å². The Labute approximate surface area is 107 Å². The monoisotopic (exact) mass is 258 g/mol. The van der Waals surface area contributed by atoms with Crippen LogP contribution in [0.3, 0.4) is 0 Å². The highest BCUT2D eigenvalue weighted by molar-refractivity contribution is 5.82. The zero-order valence-corrected chi connectivity index (χ0v) is 11.3. The van der Waals surface area contributed by atoms with Crippen LogP contribution < -0.4 is 0 Å². The van der Waals surface area contributed by atoms with E-state index in [2.05, 4.69) is 13.8 Å². The van der Waals surface area contributed by atoms with E-state index in [9.17, 15) is 9.59 Å². The molecule has 0 spiro atoms. The summed E-state index contributed by atoms with van der Waals surface area (Å²) in [6, 6.07) is -1.10. The molecule has 1 saturated heterocycles. The van der Waals surface area contributed by atoms with Crippen LogP contribution in [0.5, 0.6) is 0 Å². The number of urea groups is 1. The van der Waals surface area contributed by atoms with Crippen molar-refractivity contribution >= 4 is 12.0 Å². The van der Waals surface area contributed by atoms with Crippen molar-refractivity contribution in [1.82, 2.24) is 9.80 Å². The Morgan fingerprint density at radius 3 is 2.78 bits per heavy atom. The Morgan fingerprint density at radius 2 is 2.22 bits per heavy atom. The van der Waals surface area contributed by atoms with E-state index in [4.69, 9.17) is 9.84 Å². The molecule has 6 nitrogen and oxygen atoms in total. The molecule has 0 aromatic rings. The number of rotatable bonds is 4. The maximum Gasteiger partial charge on any atom is 0.328 e. The van der Waals surface area contributed by atoms with Crippen LogP contribution in [0.4, 0.5) is 4.79 Å². The molecule has 0 aromatic heterocycles. The highest BCUT2D eigenvalue weighted by atomic mass is 16.5. The van der Waals surface area contributed by atoms with Crippen molar-refractivity contribution in [3.63, 3.8) is 0 Å². The zero-order valence-electron chi connectivity index (χ0n) is 11.3. The van der Waals surface area contributed by atoms with Crippen LogP contribution in [0, 0.1) is 5.92 Å². The number of hydrogen-bond donors (Lipinski definition) is 1. The summed E-state index contributed by atoms with van der Waals surface area (Å²) in [6.07, 6.45) is 0.989. The number of ether oxygens (including phenoxy) is 1. The highest BCUT2D eigenvalue weighted by Crippen LogP contribution is 2.12. The molecule has 1 aliphatic rings. The van der Waals surface area contributed by atoms with E-state index in [0.717, 1.165) is 6.42 Å². The van der Waals surface area contributed by atoms with Crippen LogP contribution in [-0.2, 0) is 9.53 Å². The Morgan fingerprint density at radius 1 is 1.56 bits per heavy atom. The lowest BCUT2D eigenvalue weighted by atomic mass is 10.1. The van der Waals surface area contributed by atoms with Gasteiger partial charge in [-0.25, -0.2) is 9.59 Å². The first kappa shape index (κ1) is 14.8. The van der Waals surface area contributed by atoms with Gasteiger partial charge in [0.1, 0.15) is 0 Å². The summed E-state index contributed by atoms with van der Waals surface area (Å²) in [5.74, 6) is -0.608. The predicted octanol–water partition coefficient (Wildman–Crippen LogP) is 0.870. The Bertz CT molecular complexity index is 308. The molecule has 0 aliphatic carbocycles. The van der Waals surface area contributed by atoms with Gasteiger partial charge in [0, 0.05) is 20.1 Å². The van der Waals surface area contributed by atoms with Gasteiger partial charge in [-0.05, 0) is 5.92 Å². The number of nitrogens with zero attached hydrogens (tertiary/aromatic N) is 2. The fourth-order valence-corrected chi connectivity index (χ4v) is 1.93. The fraction of sp³-hybridized carbons (Fsp3) is 0.833. The molecule has 1 aliphatic heterocycles. The van der Waals surface area contributed by atoms with Gasteiger partial charge in [0.25, 0.3) is 0 Å². The van der Waals surface area contributed by atoms with Crippen LogP contribution in [0.1, 0.15) is 20.3 Å². The molecule has 0 bridgehead atoms. The van der Waals surface area contributed by atoms with Gasteiger partial charge < -0.3 is 19.6 Å². The average Bonchev–Trinajstić information content (AvgIpc) is 2.37. The molecule has 6 heteroatoms. The van der Waals surface area contributed by atoms with E-state index in [1.54, 1.807) is 11.9 Å². The number of hydrogen-bond acceptors (Lipinski definition) is 3. The van der Waals surface area contributed by atoms with Crippen molar-refractivity contribution in [1.29, 1.82) is 0 Å². The summed E-state index contributed by atoms with van der Waals surface area (Å²) < 4.78 is 5.11. The van der Waals surface area contributed by atoms with Crippen molar-refractivity contribution in [3.05, 3.63) is 0 Å². The Hall–Kier alpha value is -1.30. The lowest BCUT2D eigenvalue weighted by Crippen LogP contribution is -2.56.